The van der Waals surface area contributed by atoms with Crippen LogP contribution >= 0.6 is 0 Å². The van der Waals surface area contributed by atoms with Crippen molar-refractivity contribution in [1.29, 1.82) is 0 Å². The van der Waals surface area contributed by atoms with E-state index in [0.29, 0.717) is 17.9 Å². The van der Waals surface area contributed by atoms with Crippen molar-refractivity contribution in [3.8, 4) is 11.5 Å². The van der Waals surface area contributed by atoms with Gasteiger partial charge in [0.1, 0.15) is 23.2 Å². The number of carbonyl (C=O) groups is 3. The molecule has 0 bridgehead atoms. The standard InChI is InChI=1S/C45H63NO8/c1-5-6-7-8-9-10-11-12-13-14-15-16-20-23-42(47)46-34-41(54-44(49)33-32-43(48)52-4)35-53-45(36-21-18-17-19-22-36,37-24-28-39(50-2)29-25-37)38-26-30-40(51-3)31-27-38/h17-19,21-22,24-31,41H,5-16,20,23,32-35H2,1-4H3,(H,46,47). The highest BCUT2D eigenvalue weighted by Crippen LogP contribution is 2.42. The van der Waals surface area contributed by atoms with Gasteiger partial charge >= 0.3 is 11.9 Å². The highest BCUT2D eigenvalue weighted by Gasteiger charge is 2.39. The third kappa shape index (κ3) is 15.2. The molecule has 1 amide bonds. The van der Waals surface area contributed by atoms with Gasteiger partial charge in [0.15, 0.2) is 0 Å². The monoisotopic (exact) mass is 745 g/mol. The molecule has 0 fully saturated rings. The maximum atomic E-state index is 13.0. The summed E-state index contributed by atoms with van der Waals surface area (Å²) in [4.78, 5) is 37.7. The summed E-state index contributed by atoms with van der Waals surface area (Å²) in [5.41, 5.74) is 1.35. The average Bonchev–Trinajstić information content (AvgIpc) is 3.21. The largest absolute Gasteiger partial charge is 0.497 e. The molecule has 0 aliphatic heterocycles. The van der Waals surface area contributed by atoms with Gasteiger partial charge in [0.25, 0.3) is 0 Å². The van der Waals surface area contributed by atoms with Crippen LogP contribution in [0.25, 0.3) is 0 Å². The molecule has 296 valence electrons. The van der Waals surface area contributed by atoms with Crippen LogP contribution in [-0.2, 0) is 34.2 Å². The Hall–Kier alpha value is -4.37. The zero-order chi connectivity index (χ0) is 38.9. The first-order valence-corrected chi connectivity index (χ1v) is 19.9. The predicted octanol–water partition coefficient (Wildman–Crippen LogP) is 9.47. The van der Waals surface area contributed by atoms with Gasteiger partial charge in [-0.25, -0.2) is 0 Å². The number of esters is 2. The molecule has 3 aromatic rings. The second-order valence-corrected chi connectivity index (χ2v) is 13.8. The first-order valence-electron chi connectivity index (χ1n) is 19.9. The number of hydrogen-bond acceptors (Lipinski definition) is 8. The van der Waals surface area contributed by atoms with E-state index in [4.69, 9.17) is 23.7 Å². The van der Waals surface area contributed by atoms with E-state index in [9.17, 15) is 14.4 Å². The Kier molecular flexibility index (Phi) is 20.9. The zero-order valence-corrected chi connectivity index (χ0v) is 33.1. The van der Waals surface area contributed by atoms with Crippen LogP contribution in [0, 0.1) is 0 Å². The van der Waals surface area contributed by atoms with Crippen LogP contribution < -0.4 is 14.8 Å². The predicted molar refractivity (Wildman–Crippen MR) is 213 cm³/mol. The molecule has 0 saturated carbocycles. The number of benzene rings is 3. The van der Waals surface area contributed by atoms with E-state index in [2.05, 4.69) is 12.2 Å². The molecule has 0 spiro atoms. The van der Waals surface area contributed by atoms with Gasteiger partial charge in [0.2, 0.25) is 5.91 Å². The summed E-state index contributed by atoms with van der Waals surface area (Å²) in [6, 6.07) is 25.1. The van der Waals surface area contributed by atoms with Crippen molar-refractivity contribution in [2.24, 2.45) is 0 Å². The Bertz CT molecular complexity index is 1430. The van der Waals surface area contributed by atoms with Gasteiger partial charge in [-0.1, -0.05) is 139 Å². The van der Waals surface area contributed by atoms with Crippen LogP contribution in [0.2, 0.25) is 0 Å². The SMILES string of the molecule is CCCCCCCCCCCCCCCC(=O)NCC(COC(c1ccccc1)(c1ccc(OC)cc1)c1ccc(OC)cc1)OC(=O)CCC(=O)OC. The molecule has 0 aliphatic rings. The van der Waals surface area contributed by atoms with E-state index in [0.717, 1.165) is 36.0 Å². The van der Waals surface area contributed by atoms with Gasteiger partial charge in [0, 0.05) is 6.42 Å². The molecule has 1 N–H and O–H groups in total. The van der Waals surface area contributed by atoms with Gasteiger partial charge in [-0.2, -0.15) is 0 Å². The molecule has 1 atom stereocenters. The quantitative estimate of drug-likeness (QED) is 0.0445. The van der Waals surface area contributed by atoms with Crippen LogP contribution in [0.1, 0.15) is 126 Å². The summed E-state index contributed by atoms with van der Waals surface area (Å²) in [6.45, 7) is 2.25. The molecule has 9 nitrogen and oxygen atoms in total. The Morgan fingerprint density at radius 2 is 1.04 bits per heavy atom. The van der Waals surface area contributed by atoms with E-state index < -0.39 is 23.6 Å². The van der Waals surface area contributed by atoms with Crippen molar-refractivity contribution < 1.29 is 38.1 Å². The summed E-state index contributed by atoms with van der Waals surface area (Å²) in [7, 11) is 4.51. The molecule has 9 heteroatoms. The molecular formula is C45H63NO8. The number of nitrogens with one attached hydrogen (secondary N) is 1. The Morgan fingerprint density at radius 1 is 0.574 bits per heavy atom. The average molecular weight is 746 g/mol. The van der Waals surface area contributed by atoms with Crippen LogP contribution in [0.4, 0.5) is 0 Å². The molecule has 1 unspecified atom stereocenters. The van der Waals surface area contributed by atoms with Crippen LogP contribution in [0.3, 0.4) is 0 Å². The topological polar surface area (TPSA) is 109 Å². The number of methoxy groups -OCH3 is 3. The Labute approximate surface area is 323 Å². The van der Waals surface area contributed by atoms with Gasteiger partial charge in [-0.3, -0.25) is 14.4 Å². The second-order valence-electron chi connectivity index (χ2n) is 13.8. The minimum atomic E-state index is -1.14. The summed E-state index contributed by atoms with van der Waals surface area (Å²) in [5, 5.41) is 2.97. The molecule has 0 aliphatic carbocycles. The number of hydrogen-bond donors (Lipinski definition) is 1. The van der Waals surface area contributed by atoms with Crippen molar-refractivity contribution in [2.75, 3.05) is 34.5 Å². The highest BCUT2D eigenvalue weighted by molar-refractivity contribution is 5.78. The Balaban J connectivity index is 1.69. The molecule has 0 aromatic heterocycles. The number of amides is 1. The third-order valence-electron chi connectivity index (χ3n) is 9.75. The number of ether oxygens (including phenoxy) is 5. The first kappa shape index (κ1) is 44.0. The van der Waals surface area contributed by atoms with E-state index in [1.807, 2.05) is 78.9 Å². The van der Waals surface area contributed by atoms with E-state index in [1.165, 1.54) is 71.3 Å². The lowest BCUT2D eigenvalue weighted by molar-refractivity contribution is -0.157. The summed E-state index contributed by atoms with van der Waals surface area (Å²) in [5.74, 6) is 0.193. The van der Waals surface area contributed by atoms with Crippen molar-refractivity contribution in [3.05, 3.63) is 95.6 Å². The third-order valence-corrected chi connectivity index (χ3v) is 9.75. The van der Waals surface area contributed by atoms with Gasteiger partial charge in [-0.05, 0) is 47.4 Å². The molecule has 3 rings (SSSR count). The molecule has 0 radical (unpaired) electrons. The maximum Gasteiger partial charge on any atom is 0.306 e. The van der Waals surface area contributed by atoms with Crippen molar-refractivity contribution >= 4 is 17.8 Å². The van der Waals surface area contributed by atoms with Gasteiger partial charge < -0.3 is 29.0 Å². The van der Waals surface area contributed by atoms with Gasteiger partial charge in [0.05, 0.1) is 47.3 Å². The van der Waals surface area contributed by atoms with Crippen molar-refractivity contribution in [1.82, 2.24) is 5.32 Å². The fraction of sp³-hybridized carbons (Fsp3) is 0.533. The normalized spacial score (nSPS) is 11.8. The lowest BCUT2D eigenvalue weighted by Gasteiger charge is -2.37. The minimum Gasteiger partial charge on any atom is -0.497 e. The summed E-state index contributed by atoms with van der Waals surface area (Å²) >= 11 is 0. The zero-order valence-electron chi connectivity index (χ0n) is 33.1. The minimum absolute atomic E-state index is 0.0529. The van der Waals surface area contributed by atoms with Gasteiger partial charge in [-0.15, -0.1) is 0 Å². The van der Waals surface area contributed by atoms with Crippen LogP contribution in [0.5, 0.6) is 11.5 Å². The number of rotatable bonds is 28. The second kappa shape index (κ2) is 25.6. The lowest BCUT2D eigenvalue weighted by Crippen LogP contribution is -2.41. The number of carbonyl (C=O) groups excluding carboxylic acids is 3. The molecule has 3 aromatic carbocycles. The summed E-state index contributed by atoms with van der Waals surface area (Å²) < 4.78 is 28.4. The maximum absolute atomic E-state index is 13.0. The fourth-order valence-electron chi connectivity index (χ4n) is 6.60. The number of unbranched alkanes of at least 4 members (excludes halogenated alkanes) is 12. The van der Waals surface area contributed by atoms with Crippen LogP contribution in [-0.4, -0.2) is 58.4 Å². The molecule has 54 heavy (non-hydrogen) atoms. The van der Waals surface area contributed by atoms with E-state index in [1.54, 1.807) is 14.2 Å². The fourth-order valence-corrected chi connectivity index (χ4v) is 6.60. The highest BCUT2D eigenvalue weighted by atomic mass is 16.6. The van der Waals surface area contributed by atoms with E-state index >= 15 is 0 Å². The van der Waals surface area contributed by atoms with E-state index in [-0.39, 0.29) is 31.9 Å². The smallest absolute Gasteiger partial charge is 0.306 e. The molecule has 0 saturated heterocycles. The van der Waals surface area contributed by atoms with Crippen molar-refractivity contribution in [3.63, 3.8) is 0 Å². The molecule has 0 heterocycles. The van der Waals surface area contributed by atoms with Crippen LogP contribution in [0.15, 0.2) is 78.9 Å². The molecular weight excluding hydrogens is 682 g/mol. The first-order chi connectivity index (χ1) is 26.4. The summed E-state index contributed by atoms with van der Waals surface area (Å²) in [6.07, 6.45) is 15.3. The Morgan fingerprint density at radius 3 is 1.52 bits per heavy atom. The lowest BCUT2D eigenvalue weighted by atomic mass is 9.80. The van der Waals surface area contributed by atoms with Crippen molar-refractivity contribution in [2.45, 2.75) is 121 Å².